The lowest BCUT2D eigenvalue weighted by Gasteiger charge is -2.11. The molecule has 2 nitrogen and oxygen atoms in total. The van der Waals surface area contributed by atoms with E-state index < -0.39 is 0 Å². The van der Waals surface area contributed by atoms with Gasteiger partial charge in [0, 0.05) is 21.4 Å². The van der Waals surface area contributed by atoms with E-state index in [1.807, 2.05) is 25.6 Å². The largest absolute Gasteiger partial charge is 0.268 e. The Morgan fingerprint density at radius 1 is 1.40 bits per heavy atom. The van der Waals surface area contributed by atoms with E-state index in [4.69, 9.17) is 11.6 Å². The van der Waals surface area contributed by atoms with Crippen molar-refractivity contribution in [1.29, 1.82) is 0 Å². The Balaban J connectivity index is 1.79. The van der Waals surface area contributed by atoms with Crippen LogP contribution in [-0.4, -0.2) is 15.0 Å². The van der Waals surface area contributed by atoms with Crippen molar-refractivity contribution >= 4 is 23.4 Å². The molecule has 2 aromatic rings. The highest BCUT2D eigenvalue weighted by Crippen LogP contribution is 2.38. The van der Waals surface area contributed by atoms with Gasteiger partial charge in [-0.3, -0.25) is 4.68 Å². The normalized spacial score (nSPS) is 19.1. The lowest BCUT2D eigenvalue weighted by molar-refractivity contribution is 0.576. The molecule has 0 radical (unpaired) electrons. The molecule has 3 rings (SSSR count). The highest BCUT2D eigenvalue weighted by atomic mass is 35.5. The average Bonchev–Trinajstić information content (AvgIpc) is 2.90. The van der Waals surface area contributed by atoms with E-state index in [-0.39, 0.29) is 5.38 Å². The second-order valence-electron chi connectivity index (χ2n) is 5.43. The van der Waals surface area contributed by atoms with Crippen LogP contribution < -0.4 is 0 Å². The molecule has 0 bridgehead atoms. The molecule has 1 aromatic heterocycles. The summed E-state index contributed by atoms with van der Waals surface area (Å²) in [5.41, 5.74) is 4.93. The van der Waals surface area contributed by atoms with Gasteiger partial charge in [0.2, 0.25) is 0 Å². The van der Waals surface area contributed by atoms with Gasteiger partial charge in [0.05, 0.1) is 17.6 Å². The second kappa shape index (κ2) is 5.45. The predicted molar refractivity (Wildman–Crippen MR) is 85.8 cm³/mol. The van der Waals surface area contributed by atoms with E-state index in [2.05, 4.69) is 41.0 Å². The van der Waals surface area contributed by atoms with Crippen LogP contribution in [0, 0.1) is 13.8 Å². The number of aryl methyl sites for hydroxylation is 1. The van der Waals surface area contributed by atoms with E-state index in [9.17, 15) is 0 Å². The third-order valence-corrected chi connectivity index (χ3v) is 5.45. The SMILES string of the molecule is Cc1nn(CC2Cc3ccccc3S2)c(C)c1C(C)Cl. The molecule has 1 aromatic carbocycles. The number of hydrogen-bond acceptors (Lipinski definition) is 2. The first kappa shape index (κ1) is 14.0. The minimum atomic E-state index is 0.0252. The van der Waals surface area contributed by atoms with Gasteiger partial charge < -0.3 is 0 Å². The zero-order valence-electron chi connectivity index (χ0n) is 12.1. The number of thioether (sulfide) groups is 1. The lowest BCUT2D eigenvalue weighted by atomic mass is 10.1. The number of rotatable bonds is 3. The lowest BCUT2D eigenvalue weighted by Crippen LogP contribution is -2.14. The van der Waals surface area contributed by atoms with Gasteiger partial charge in [0.25, 0.3) is 0 Å². The topological polar surface area (TPSA) is 17.8 Å². The zero-order chi connectivity index (χ0) is 14.3. The van der Waals surface area contributed by atoms with Crippen molar-refractivity contribution in [3.05, 3.63) is 46.8 Å². The summed E-state index contributed by atoms with van der Waals surface area (Å²) in [5, 5.41) is 5.27. The Kier molecular flexibility index (Phi) is 3.83. The molecule has 4 heteroatoms. The van der Waals surface area contributed by atoms with E-state index >= 15 is 0 Å². The van der Waals surface area contributed by atoms with Crippen LogP contribution >= 0.6 is 23.4 Å². The van der Waals surface area contributed by atoms with E-state index in [1.165, 1.54) is 21.7 Å². The van der Waals surface area contributed by atoms with Gasteiger partial charge in [-0.15, -0.1) is 23.4 Å². The Morgan fingerprint density at radius 3 is 2.80 bits per heavy atom. The number of benzene rings is 1. The Morgan fingerprint density at radius 2 is 2.15 bits per heavy atom. The van der Waals surface area contributed by atoms with Crippen LogP contribution in [0.5, 0.6) is 0 Å². The predicted octanol–water partition coefficient (Wildman–Crippen LogP) is 4.52. The van der Waals surface area contributed by atoms with Gasteiger partial charge in [0.15, 0.2) is 0 Å². The Labute approximate surface area is 129 Å². The standard InChI is InChI=1S/C16H19ClN2S/c1-10(17)16-11(2)18-19(12(16)3)9-14-8-13-6-4-5-7-15(13)20-14/h4-7,10,14H,8-9H2,1-3H3. The monoisotopic (exact) mass is 306 g/mol. The summed E-state index contributed by atoms with van der Waals surface area (Å²) in [6, 6.07) is 8.69. The second-order valence-corrected chi connectivity index (χ2v) is 7.43. The number of aromatic nitrogens is 2. The van der Waals surface area contributed by atoms with E-state index in [0.29, 0.717) is 5.25 Å². The van der Waals surface area contributed by atoms with Crippen LogP contribution in [-0.2, 0) is 13.0 Å². The van der Waals surface area contributed by atoms with Gasteiger partial charge in [-0.25, -0.2) is 0 Å². The number of fused-ring (bicyclic) bond motifs is 1. The average molecular weight is 307 g/mol. The molecule has 0 spiro atoms. The van der Waals surface area contributed by atoms with Crippen molar-refractivity contribution in [3.8, 4) is 0 Å². The highest BCUT2D eigenvalue weighted by Gasteiger charge is 2.24. The van der Waals surface area contributed by atoms with Gasteiger partial charge in [-0.1, -0.05) is 18.2 Å². The molecule has 0 saturated carbocycles. The van der Waals surface area contributed by atoms with E-state index in [1.54, 1.807) is 0 Å². The summed E-state index contributed by atoms with van der Waals surface area (Å²) in [4.78, 5) is 1.42. The summed E-state index contributed by atoms with van der Waals surface area (Å²) < 4.78 is 2.13. The maximum absolute atomic E-state index is 6.26. The van der Waals surface area contributed by atoms with Gasteiger partial charge in [-0.05, 0) is 38.8 Å². The first-order chi connectivity index (χ1) is 9.56. The van der Waals surface area contributed by atoms with Crippen molar-refractivity contribution in [1.82, 2.24) is 9.78 Å². The fourth-order valence-corrected chi connectivity index (χ4v) is 4.63. The maximum atomic E-state index is 6.26. The van der Waals surface area contributed by atoms with Crippen LogP contribution in [0.3, 0.4) is 0 Å². The minimum Gasteiger partial charge on any atom is -0.268 e. The highest BCUT2D eigenvalue weighted by molar-refractivity contribution is 8.00. The quantitative estimate of drug-likeness (QED) is 0.776. The van der Waals surface area contributed by atoms with Gasteiger partial charge in [-0.2, -0.15) is 5.10 Å². The summed E-state index contributed by atoms with van der Waals surface area (Å²) in [7, 11) is 0. The Hall–Kier alpha value is -0.930. The van der Waals surface area contributed by atoms with Crippen molar-refractivity contribution < 1.29 is 0 Å². The van der Waals surface area contributed by atoms with Crippen LogP contribution in [0.1, 0.15) is 34.8 Å². The summed E-state index contributed by atoms with van der Waals surface area (Å²) in [6.45, 7) is 7.15. The number of nitrogens with zero attached hydrogens (tertiary/aromatic N) is 2. The molecule has 106 valence electrons. The molecule has 0 N–H and O–H groups in total. The van der Waals surface area contributed by atoms with Crippen LogP contribution in [0.15, 0.2) is 29.2 Å². The molecule has 0 aliphatic carbocycles. The number of alkyl halides is 1. The van der Waals surface area contributed by atoms with Crippen molar-refractivity contribution in [2.75, 3.05) is 0 Å². The smallest absolute Gasteiger partial charge is 0.0643 e. The van der Waals surface area contributed by atoms with E-state index in [0.717, 1.165) is 18.7 Å². The summed E-state index contributed by atoms with van der Waals surface area (Å²) in [6.07, 6.45) is 1.13. The van der Waals surface area contributed by atoms with Crippen LogP contribution in [0.4, 0.5) is 0 Å². The zero-order valence-corrected chi connectivity index (χ0v) is 13.6. The molecule has 0 amide bonds. The Bertz CT molecular complexity index is 608. The molecule has 2 atom stereocenters. The molecule has 0 fully saturated rings. The van der Waals surface area contributed by atoms with Crippen molar-refractivity contribution in [3.63, 3.8) is 0 Å². The fraction of sp³-hybridized carbons (Fsp3) is 0.438. The first-order valence-electron chi connectivity index (χ1n) is 6.98. The number of halogens is 1. The minimum absolute atomic E-state index is 0.0252. The molecule has 1 aliphatic heterocycles. The first-order valence-corrected chi connectivity index (χ1v) is 8.30. The van der Waals surface area contributed by atoms with Crippen LogP contribution in [0.25, 0.3) is 0 Å². The molecule has 20 heavy (non-hydrogen) atoms. The molecule has 2 heterocycles. The summed E-state index contributed by atoms with van der Waals surface area (Å²) >= 11 is 8.23. The molecular formula is C16H19ClN2S. The van der Waals surface area contributed by atoms with Crippen molar-refractivity contribution in [2.45, 2.75) is 49.3 Å². The van der Waals surface area contributed by atoms with Gasteiger partial charge >= 0.3 is 0 Å². The third kappa shape index (κ3) is 2.49. The third-order valence-electron chi connectivity index (χ3n) is 3.93. The molecule has 1 aliphatic rings. The summed E-state index contributed by atoms with van der Waals surface area (Å²) in [5.74, 6) is 0. The molecular weight excluding hydrogens is 288 g/mol. The fourth-order valence-electron chi connectivity index (χ4n) is 3.01. The maximum Gasteiger partial charge on any atom is 0.0643 e. The van der Waals surface area contributed by atoms with Crippen molar-refractivity contribution in [2.24, 2.45) is 0 Å². The van der Waals surface area contributed by atoms with Crippen LogP contribution in [0.2, 0.25) is 0 Å². The molecule has 0 saturated heterocycles. The molecule has 2 unspecified atom stereocenters. The number of hydrogen-bond donors (Lipinski definition) is 0. The van der Waals surface area contributed by atoms with Gasteiger partial charge in [0.1, 0.15) is 0 Å².